The highest BCUT2D eigenvalue weighted by Crippen LogP contribution is 2.36. The number of ether oxygens (including phenoxy) is 1. The van der Waals surface area contributed by atoms with Crippen molar-refractivity contribution in [3.8, 4) is 16.9 Å². The molecule has 2 rings (SSSR count). The van der Waals surface area contributed by atoms with Crippen molar-refractivity contribution in [1.29, 1.82) is 0 Å². The molecule has 0 N–H and O–H groups in total. The van der Waals surface area contributed by atoms with Crippen LogP contribution in [-0.2, 0) is 6.42 Å². The molecule has 0 aliphatic rings. The Bertz CT molecular complexity index is 650. The third-order valence-corrected chi connectivity index (χ3v) is 3.74. The molecular formula is C18H22FNO. The predicted octanol–water partition coefficient (Wildman–Crippen LogP) is 4.89. The number of aromatic nitrogens is 1. The Kier molecular flexibility index (Phi) is 4.61. The summed E-state index contributed by atoms with van der Waals surface area (Å²) in [7, 11) is 1.57. The summed E-state index contributed by atoms with van der Waals surface area (Å²) < 4.78 is 19.5. The zero-order valence-corrected chi connectivity index (χ0v) is 13.3. The third-order valence-electron chi connectivity index (χ3n) is 3.74. The van der Waals surface area contributed by atoms with Gasteiger partial charge in [-0.2, -0.15) is 0 Å². The Balaban J connectivity index is 2.70. The van der Waals surface area contributed by atoms with Crippen molar-refractivity contribution in [2.75, 3.05) is 7.11 Å². The molecule has 2 nitrogen and oxygen atoms in total. The molecule has 0 fully saturated rings. The van der Waals surface area contributed by atoms with Gasteiger partial charge in [-0.25, -0.2) is 4.39 Å². The standard InChI is InChI=1S/C18H22FNO/c1-6-13-7-12(4)20-10-16(13)15-8-14(11(2)3)17(19)9-18(15)21-5/h7-11H,6H2,1-5H3. The molecule has 112 valence electrons. The molecule has 3 heteroatoms. The molecule has 0 aliphatic heterocycles. The quantitative estimate of drug-likeness (QED) is 0.798. The first kappa shape index (κ1) is 15.5. The van der Waals surface area contributed by atoms with Crippen molar-refractivity contribution in [3.63, 3.8) is 0 Å². The molecule has 0 atom stereocenters. The van der Waals surface area contributed by atoms with Crippen molar-refractivity contribution in [3.05, 3.63) is 47.0 Å². The van der Waals surface area contributed by atoms with Gasteiger partial charge in [0.1, 0.15) is 11.6 Å². The Hall–Kier alpha value is -1.90. The van der Waals surface area contributed by atoms with Gasteiger partial charge < -0.3 is 4.74 Å². The van der Waals surface area contributed by atoms with Crippen LogP contribution in [0.4, 0.5) is 4.39 Å². The van der Waals surface area contributed by atoms with E-state index in [0.717, 1.165) is 23.2 Å². The fraction of sp³-hybridized carbons (Fsp3) is 0.389. The molecule has 0 saturated heterocycles. The molecular weight excluding hydrogens is 265 g/mol. The number of methoxy groups -OCH3 is 1. The highest BCUT2D eigenvalue weighted by atomic mass is 19.1. The van der Waals surface area contributed by atoms with E-state index >= 15 is 0 Å². The average Bonchev–Trinajstić information content (AvgIpc) is 2.46. The van der Waals surface area contributed by atoms with Crippen LogP contribution in [0.3, 0.4) is 0 Å². The van der Waals surface area contributed by atoms with Gasteiger partial charge in [-0.15, -0.1) is 0 Å². The fourth-order valence-corrected chi connectivity index (χ4v) is 2.55. The Morgan fingerprint density at radius 1 is 1.19 bits per heavy atom. The summed E-state index contributed by atoms with van der Waals surface area (Å²) in [5.41, 5.74) is 4.81. The van der Waals surface area contributed by atoms with Crippen LogP contribution >= 0.6 is 0 Å². The van der Waals surface area contributed by atoms with Gasteiger partial charge in [0.05, 0.1) is 7.11 Å². The molecule has 1 aromatic carbocycles. The lowest BCUT2D eigenvalue weighted by molar-refractivity contribution is 0.412. The zero-order chi connectivity index (χ0) is 15.6. The maximum atomic E-state index is 14.1. The van der Waals surface area contributed by atoms with Gasteiger partial charge in [0, 0.05) is 29.1 Å². The Morgan fingerprint density at radius 3 is 2.48 bits per heavy atom. The van der Waals surface area contributed by atoms with Gasteiger partial charge in [-0.1, -0.05) is 20.8 Å². The van der Waals surface area contributed by atoms with Gasteiger partial charge in [0.2, 0.25) is 0 Å². The minimum Gasteiger partial charge on any atom is -0.496 e. The molecule has 2 aromatic rings. The number of pyridine rings is 1. The molecule has 0 saturated carbocycles. The molecule has 0 aliphatic carbocycles. The van der Waals surface area contributed by atoms with Crippen LogP contribution in [0.2, 0.25) is 0 Å². The summed E-state index contributed by atoms with van der Waals surface area (Å²) >= 11 is 0. The second-order valence-electron chi connectivity index (χ2n) is 5.57. The van der Waals surface area contributed by atoms with Crippen LogP contribution in [0, 0.1) is 12.7 Å². The summed E-state index contributed by atoms with van der Waals surface area (Å²) in [6.45, 7) is 8.06. The summed E-state index contributed by atoms with van der Waals surface area (Å²) in [6.07, 6.45) is 2.75. The molecule has 0 amide bonds. The van der Waals surface area contributed by atoms with E-state index in [1.165, 1.54) is 11.6 Å². The fourth-order valence-electron chi connectivity index (χ4n) is 2.55. The van der Waals surface area contributed by atoms with Crippen LogP contribution in [0.1, 0.15) is 43.5 Å². The first-order valence-corrected chi connectivity index (χ1v) is 7.31. The number of benzene rings is 1. The summed E-state index contributed by atoms with van der Waals surface area (Å²) in [5, 5.41) is 0. The van der Waals surface area contributed by atoms with E-state index in [4.69, 9.17) is 4.74 Å². The van der Waals surface area contributed by atoms with Crippen molar-refractivity contribution < 1.29 is 9.13 Å². The number of hydrogen-bond donors (Lipinski definition) is 0. The highest BCUT2D eigenvalue weighted by molar-refractivity contribution is 5.74. The maximum absolute atomic E-state index is 14.1. The van der Waals surface area contributed by atoms with E-state index < -0.39 is 0 Å². The maximum Gasteiger partial charge on any atom is 0.130 e. The van der Waals surface area contributed by atoms with Crippen LogP contribution in [0.15, 0.2) is 24.4 Å². The van der Waals surface area contributed by atoms with E-state index in [0.29, 0.717) is 11.3 Å². The Labute approximate surface area is 126 Å². The molecule has 1 aromatic heterocycles. The van der Waals surface area contributed by atoms with Gasteiger partial charge in [-0.05, 0) is 42.5 Å². The second kappa shape index (κ2) is 6.25. The van der Waals surface area contributed by atoms with Gasteiger partial charge >= 0.3 is 0 Å². The summed E-state index contributed by atoms with van der Waals surface area (Å²) in [6, 6.07) is 5.45. The SMILES string of the molecule is CCc1cc(C)ncc1-c1cc(C(C)C)c(F)cc1OC. The summed E-state index contributed by atoms with van der Waals surface area (Å²) in [4.78, 5) is 4.39. The first-order valence-electron chi connectivity index (χ1n) is 7.31. The average molecular weight is 287 g/mol. The normalized spacial score (nSPS) is 11.0. The van der Waals surface area contributed by atoms with E-state index in [2.05, 4.69) is 18.0 Å². The molecule has 0 bridgehead atoms. The van der Waals surface area contributed by atoms with E-state index in [1.807, 2.05) is 33.0 Å². The number of rotatable bonds is 4. The van der Waals surface area contributed by atoms with Crippen molar-refractivity contribution in [1.82, 2.24) is 4.98 Å². The molecule has 1 heterocycles. The lowest BCUT2D eigenvalue weighted by Crippen LogP contribution is -2.00. The predicted molar refractivity (Wildman–Crippen MR) is 84.4 cm³/mol. The molecule has 21 heavy (non-hydrogen) atoms. The summed E-state index contributed by atoms with van der Waals surface area (Å²) in [5.74, 6) is 0.458. The van der Waals surface area contributed by atoms with Crippen LogP contribution < -0.4 is 4.74 Å². The second-order valence-corrected chi connectivity index (χ2v) is 5.57. The number of hydrogen-bond acceptors (Lipinski definition) is 2. The molecule has 0 unspecified atom stereocenters. The molecule has 0 spiro atoms. The first-order chi connectivity index (χ1) is 9.97. The largest absolute Gasteiger partial charge is 0.496 e. The van der Waals surface area contributed by atoms with Crippen LogP contribution in [-0.4, -0.2) is 12.1 Å². The lowest BCUT2D eigenvalue weighted by atomic mass is 9.93. The Morgan fingerprint density at radius 2 is 1.90 bits per heavy atom. The smallest absolute Gasteiger partial charge is 0.130 e. The van der Waals surface area contributed by atoms with Crippen molar-refractivity contribution in [2.45, 2.75) is 40.0 Å². The minimum atomic E-state index is -0.219. The zero-order valence-electron chi connectivity index (χ0n) is 13.3. The lowest BCUT2D eigenvalue weighted by Gasteiger charge is -2.16. The van der Waals surface area contributed by atoms with Crippen molar-refractivity contribution >= 4 is 0 Å². The molecule has 0 radical (unpaired) electrons. The van der Waals surface area contributed by atoms with E-state index in [9.17, 15) is 4.39 Å². The van der Waals surface area contributed by atoms with E-state index in [1.54, 1.807) is 7.11 Å². The van der Waals surface area contributed by atoms with Crippen LogP contribution in [0.5, 0.6) is 5.75 Å². The number of nitrogens with zero attached hydrogens (tertiary/aromatic N) is 1. The topological polar surface area (TPSA) is 22.1 Å². The van der Waals surface area contributed by atoms with Gasteiger partial charge in [-0.3, -0.25) is 4.98 Å². The van der Waals surface area contributed by atoms with Crippen molar-refractivity contribution in [2.24, 2.45) is 0 Å². The van der Waals surface area contributed by atoms with Gasteiger partial charge in [0.15, 0.2) is 0 Å². The minimum absolute atomic E-state index is 0.123. The number of halogens is 1. The number of aryl methyl sites for hydroxylation is 2. The third kappa shape index (κ3) is 3.07. The van der Waals surface area contributed by atoms with Gasteiger partial charge in [0.25, 0.3) is 0 Å². The monoisotopic (exact) mass is 287 g/mol. The van der Waals surface area contributed by atoms with E-state index in [-0.39, 0.29) is 11.7 Å². The van der Waals surface area contributed by atoms with Crippen LogP contribution in [0.25, 0.3) is 11.1 Å². The highest BCUT2D eigenvalue weighted by Gasteiger charge is 2.16.